The fraction of sp³-hybridized carbons (Fsp3) is 0.500. The Morgan fingerprint density at radius 2 is 1.90 bits per heavy atom. The maximum absolute atomic E-state index is 13.3. The van der Waals surface area contributed by atoms with E-state index in [-0.39, 0.29) is 18.0 Å². The lowest BCUT2D eigenvalue weighted by Crippen LogP contribution is -2.37. The first kappa shape index (κ1) is 15.3. The summed E-state index contributed by atoms with van der Waals surface area (Å²) in [4.78, 5) is 1.28. The molecule has 3 nitrogen and oxygen atoms in total. The second-order valence-electron chi connectivity index (χ2n) is 4.98. The van der Waals surface area contributed by atoms with E-state index in [9.17, 15) is 17.6 Å². The topological polar surface area (TPSA) is 43.7 Å². The number of nitrogens with zero attached hydrogens (tertiary/aromatic N) is 1. The van der Waals surface area contributed by atoms with Crippen molar-refractivity contribution in [3.05, 3.63) is 29.6 Å². The van der Waals surface area contributed by atoms with Crippen LogP contribution in [0.3, 0.4) is 0 Å². The first-order valence-electron chi connectivity index (χ1n) is 6.21. The molecule has 1 aliphatic rings. The second-order valence-corrected chi connectivity index (χ2v) is 4.98. The zero-order valence-electron chi connectivity index (χ0n) is 10.6. The molecule has 1 aromatic rings. The average molecular weight is 291 g/mol. The van der Waals surface area contributed by atoms with E-state index < -0.39 is 25.7 Å². The van der Waals surface area contributed by atoms with E-state index >= 15 is 0 Å². The van der Waals surface area contributed by atoms with Gasteiger partial charge in [-0.2, -0.15) is 13.2 Å². The van der Waals surface area contributed by atoms with Gasteiger partial charge >= 0.3 is 13.3 Å². The van der Waals surface area contributed by atoms with Crippen molar-refractivity contribution < 1.29 is 27.6 Å². The summed E-state index contributed by atoms with van der Waals surface area (Å²) < 4.78 is 50.7. The summed E-state index contributed by atoms with van der Waals surface area (Å²) in [6.07, 6.45) is -2.86. The van der Waals surface area contributed by atoms with Crippen LogP contribution in [0.4, 0.5) is 17.6 Å². The number of hydrogen-bond acceptors (Lipinski definition) is 3. The van der Waals surface area contributed by atoms with Crippen LogP contribution in [0, 0.1) is 5.82 Å². The van der Waals surface area contributed by atoms with Crippen LogP contribution in [-0.2, 0) is 6.54 Å². The monoisotopic (exact) mass is 291 g/mol. The molecular formula is C12H14BF4NO2. The highest BCUT2D eigenvalue weighted by atomic mass is 19.4. The third-order valence-corrected chi connectivity index (χ3v) is 3.17. The number of hydrogen-bond donors (Lipinski definition) is 2. The Hall–Kier alpha value is -1.12. The first-order chi connectivity index (χ1) is 9.26. The number of rotatable bonds is 5. The van der Waals surface area contributed by atoms with E-state index in [1.807, 2.05) is 0 Å². The highest BCUT2D eigenvalue weighted by molar-refractivity contribution is 6.58. The Morgan fingerprint density at radius 3 is 2.40 bits per heavy atom. The fourth-order valence-electron chi connectivity index (χ4n) is 2.11. The van der Waals surface area contributed by atoms with E-state index in [0.717, 1.165) is 6.07 Å². The van der Waals surface area contributed by atoms with Crippen molar-refractivity contribution in [2.24, 2.45) is 0 Å². The minimum Gasteiger partial charge on any atom is -0.423 e. The number of alkyl halides is 3. The normalized spacial score (nSPS) is 15.8. The molecule has 0 radical (unpaired) electrons. The molecule has 1 aromatic carbocycles. The van der Waals surface area contributed by atoms with E-state index in [2.05, 4.69) is 0 Å². The van der Waals surface area contributed by atoms with Crippen molar-refractivity contribution in [3.63, 3.8) is 0 Å². The highest BCUT2D eigenvalue weighted by Crippen LogP contribution is 2.31. The fourth-order valence-corrected chi connectivity index (χ4v) is 2.11. The summed E-state index contributed by atoms with van der Waals surface area (Å²) in [7, 11) is -1.98. The van der Waals surface area contributed by atoms with Gasteiger partial charge in [0.15, 0.2) is 0 Å². The quantitative estimate of drug-likeness (QED) is 0.629. The minimum atomic E-state index is -4.29. The van der Waals surface area contributed by atoms with E-state index in [0.29, 0.717) is 18.4 Å². The summed E-state index contributed by atoms with van der Waals surface area (Å²) in [6.45, 7) is -1.02. The molecular weight excluding hydrogens is 277 g/mol. The van der Waals surface area contributed by atoms with Crippen molar-refractivity contribution >= 4 is 12.6 Å². The third-order valence-electron chi connectivity index (χ3n) is 3.17. The highest BCUT2D eigenvalue weighted by Gasteiger charge is 2.38. The molecule has 1 aliphatic carbocycles. The van der Waals surface area contributed by atoms with Crippen molar-refractivity contribution in [1.82, 2.24) is 4.90 Å². The SMILES string of the molecule is OB(O)c1cc(CN(CC(F)(F)F)C2CC2)ccc1F. The van der Waals surface area contributed by atoms with Gasteiger partial charge < -0.3 is 10.0 Å². The zero-order chi connectivity index (χ0) is 14.9. The molecule has 0 bridgehead atoms. The molecule has 2 rings (SSSR count). The van der Waals surface area contributed by atoms with Crippen LogP contribution in [0.1, 0.15) is 18.4 Å². The smallest absolute Gasteiger partial charge is 0.423 e. The molecule has 0 aromatic heterocycles. The number of halogens is 4. The van der Waals surface area contributed by atoms with Crippen LogP contribution < -0.4 is 5.46 Å². The summed E-state index contributed by atoms with van der Waals surface area (Å²) in [5, 5.41) is 18.0. The predicted molar refractivity (Wildman–Crippen MR) is 65.7 cm³/mol. The molecule has 0 aliphatic heterocycles. The first-order valence-corrected chi connectivity index (χ1v) is 6.21. The molecule has 0 unspecified atom stereocenters. The van der Waals surface area contributed by atoms with Crippen LogP contribution in [-0.4, -0.2) is 40.8 Å². The summed E-state index contributed by atoms with van der Waals surface area (Å²) in [6, 6.07) is 3.46. The van der Waals surface area contributed by atoms with Crippen molar-refractivity contribution in [1.29, 1.82) is 0 Å². The maximum Gasteiger partial charge on any atom is 0.491 e. The molecule has 1 fully saturated rings. The van der Waals surface area contributed by atoms with E-state index in [1.165, 1.54) is 17.0 Å². The van der Waals surface area contributed by atoms with Gasteiger partial charge in [-0.05, 0) is 24.5 Å². The van der Waals surface area contributed by atoms with Gasteiger partial charge in [-0.15, -0.1) is 0 Å². The molecule has 20 heavy (non-hydrogen) atoms. The van der Waals surface area contributed by atoms with E-state index in [4.69, 9.17) is 10.0 Å². The minimum absolute atomic E-state index is 0.00414. The Morgan fingerprint density at radius 1 is 1.25 bits per heavy atom. The van der Waals surface area contributed by atoms with Crippen LogP contribution in [0.5, 0.6) is 0 Å². The Bertz CT molecular complexity index is 477. The van der Waals surface area contributed by atoms with Gasteiger partial charge in [0, 0.05) is 18.0 Å². The Kier molecular flexibility index (Phi) is 4.36. The van der Waals surface area contributed by atoms with Crippen LogP contribution in [0.2, 0.25) is 0 Å². The predicted octanol–water partition coefficient (Wildman–Crippen LogP) is 1.03. The third kappa shape index (κ3) is 4.19. The van der Waals surface area contributed by atoms with Gasteiger partial charge in [0.2, 0.25) is 0 Å². The van der Waals surface area contributed by atoms with Gasteiger partial charge in [-0.1, -0.05) is 12.1 Å². The molecule has 0 saturated heterocycles. The second kappa shape index (κ2) is 5.71. The Balaban J connectivity index is 2.12. The molecule has 0 amide bonds. The molecule has 110 valence electrons. The lowest BCUT2D eigenvalue weighted by molar-refractivity contribution is -0.148. The van der Waals surface area contributed by atoms with Gasteiger partial charge in [0.05, 0.1) is 6.54 Å². The van der Waals surface area contributed by atoms with Crippen LogP contribution in [0.15, 0.2) is 18.2 Å². The summed E-state index contributed by atoms with van der Waals surface area (Å²) >= 11 is 0. The molecule has 0 heterocycles. The van der Waals surface area contributed by atoms with Crippen LogP contribution in [0.25, 0.3) is 0 Å². The van der Waals surface area contributed by atoms with Gasteiger partial charge in [-0.3, -0.25) is 4.90 Å². The van der Waals surface area contributed by atoms with Crippen molar-refractivity contribution in [2.75, 3.05) is 6.54 Å². The van der Waals surface area contributed by atoms with Crippen molar-refractivity contribution in [2.45, 2.75) is 31.6 Å². The standard InChI is InChI=1S/C12H14BF4NO2/c14-11-4-1-8(5-10(11)13(19)20)6-18(9-2-3-9)7-12(15,16)17/h1,4-5,9,19-20H,2-3,6-7H2. The van der Waals surface area contributed by atoms with Crippen molar-refractivity contribution in [3.8, 4) is 0 Å². The molecule has 0 spiro atoms. The largest absolute Gasteiger partial charge is 0.491 e. The summed E-state index contributed by atoms with van der Waals surface area (Å²) in [5.74, 6) is -0.794. The molecule has 2 N–H and O–H groups in total. The van der Waals surface area contributed by atoms with Crippen LogP contribution >= 0.6 is 0 Å². The average Bonchev–Trinajstić information content (AvgIpc) is 3.12. The van der Waals surface area contributed by atoms with Gasteiger partial charge in [-0.25, -0.2) is 4.39 Å². The Labute approximate surface area is 114 Å². The molecule has 0 atom stereocenters. The van der Waals surface area contributed by atoms with E-state index in [1.54, 1.807) is 0 Å². The lowest BCUT2D eigenvalue weighted by Gasteiger charge is -2.23. The maximum atomic E-state index is 13.3. The molecule has 8 heteroatoms. The van der Waals surface area contributed by atoms with Gasteiger partial charge in [0.1, 0.15) is 5.82 Å². The summed E-state index contributed by atoms with van der Waals surface area (Å²) in [5.41, 5.74) is 0.0934. The zero-order valence-corrected chi connectivity index (χ0v) is 10.6. The lowest BCUT2D eigenvalue weighted by atomic mass is 9.79. The number of benzene rings is 1. The molecule has 1 saturated carbocycles. The van der Waals surface area contributed by atoms with Gasteiger partial charge in [0.25, 0.3) is 0 Å².